The second-order valence-corrected chi connectivity index (χ2v) is 8.80. The summed E-state index contributed by atoms with van der Waals surface area (Å²) in [5.74, 6) is 0.680. The second kappa shape index (κ2) is 8.59. The molecule has 0 bridgehead atoms. The van der Waals surface area contributed by atoms with Crippen molar-refractivity contribution in [2.24, 2.45) is 5.92 Å². The van der Waals surface area contributed by atoms with E-state index in [0.29, 0.717) is 5.92 Å². The topological polar surface area (TPSA) is 48.9 Å². The Kier molecular flexibility index (Phi) is 5.94. The molecule has 6 nitrogen and oxygen atoms in total. The minimum Gasteiger partial charge on any atom is -0.378 e. The number of amides is 1. The van der Waals surface area contributed by atoms with Gasteiger partial charge in [0.1, 0.15) is 0 Å². The molecule has 2 aliphatic rings. The summed E-state index contributed by atoms with van der Waals surface area (Å²) in [7, 11) is 4.08. The highest BCUT2D eigenvalue weighted by Crippen LogP contribution is 2.39. The fourth-order valence-corrected chi connectivity index (χ4v) is 5.28. The molecule has 1 atom stereocenters. The van der Waals surface area contributed by atoms with E-state index in [2.05, 4.69) is 27.9 Å². The monoisotopic (exact) mass is 400 g/mol. The molecule has 7 heteroatoms. The Bertz CT molecular complexity index is 804. The maximum Gasteiger partial charge on any atom is 0.263 e. The molecule has 4 heterocycles. The lowest BCUT2D eigenvalue weighted by molar-refractivity contribution is 0.0779. The van der Waals surface area contributed by atoms with Crippen LogP contribution < -0.4 is 4.90 Å². The minimum atomic E-state index is 0.115. The lowest BCUT2D eigenvalue weighted by Gasteiger charge is -2.28. The standard InChI is InChI=1S/C21H28N4O2S/c1-23-7-5-16(14-23)15-24(2)20(26)19-12-18(17-4-3-6-22-13-17)21(28-19)25-8-10-27-11-9-25/h3-4,6,12-13,16H,5,7-11,14-15H2,1-2H3. The van der Waals surface area contributed by atoms with Crippen LogP contribution in [0.1, 0.15) is 16.1 Å². The van der Waals surface area contributed by atoms with Crippen LogP contribution in [0, 0.1) is 5.92 Å². The summed E-state index contributed by atoms with van der Waals surface area (Å²) in [6, 6.07) is 6.05. The number of carbonyl (C=O) groups excluding carboxylic acids is 1. The van der Waals surface area contributed by atoms with Gasteiger partial charge in [0.2, 0.25) is 0 Å². The lowest BCUT2D eigenvalue weighted by atomic mass is 10.1. The Hall–Kier alpha value is -1.96. The Balaban J connectivity index is 1.58. The van der Waals surface area contributed by atoms with Crippen LogP contribution in [-0.2, 0) is 4.74 Å². The average Bonchev–Trinajstić information content (AvgIpc) is 3.35. The second-order valence-electron chi connectivity index (χ2n) is 7.77. The lowest BCUT2D eigenvalue weighted by Crippen LogP contribution is -2.36. The van der Waals surface area contributed by atoms with Gasteiger partial charge in [-0.05, 0) is 38.1 Å². The molecule has 0 radical (unpaired) electrons. The third-order valence-corrected chi connectivity index (χ3v) is 6.75. The van der Waals surface area contributed by atoms with E-state index in [4.69, 9.17) is 4.74 Å². The number of morpholine rings is 1. The fourth-order valence-electron chi connectivity index (χ4n) is 4.05. The largest absolute Gasteiger partial charge is 0.378 e. The molecule has 0 saturated carbocycles. The van der Waals surface area contributed by atoms with Crippen molar-refractivity contribution in [1.82, 2.24) is 14.8 Å². The molecule has 2 aliphatic heterocycles. The number of pyridine rings is 1. The zero-order chi connectivity index (χ0) is 19.5. The van der Waals surface area contributed by atoms with Gasteiger partial charge < -0.3 is 19.4 Å². The van der Waals surface area contributed by atoms with E-state index < -0.39 is 0 Å². The summed E-state index contributed by atoms with van der Waals surface area (Å²) in [4.78, 5) is 24.8. The van der Waals surface area contributed by atoms with Crippen LogP contribution in [0.2, 0.25) is 0 Å². The number of carbonyl (C=O) groups is 1. The van der Waals surface area contributed by atoms with Crippen LogP contribution in [0.25, 0.3) is 11.1 Å². The molecule has 28 heavy (non-hydrogen) atoms. The van der Waals surface area contributed by atoms with Gasteiger partial charge in [-0.25, -0.2) is 0 Å². The molecule has 0 N–H and O–H groups in total. The maximum absolute atomic E-state index is 13.2. The first-order valence-corrected chi connectivity index (χ1v) is 10.7. The smallest absolute Gasteiger partial charge is 0.263 e. The molecule has 0 spiro atoms. The zero-order valence-corrected chi connectivity index (χ0v) is 17.5. The third-order valence-electron chi connectivity index (χ3n) is 5.56. The molecule has 2 fully saturated rings. The van der Waals surface area contributed by atoms with Gasteiger partial charge in [-0.1, -0.05) is 6.07 Å². The van der Waals surface area contributed by atoms with Crippen molar-refractivity contribution < 1.29 is 9.53 Å². The van der Waals surface area contributed by atoms with Crippen LogP contribution in [0.4, 0.5) is 5.00 Å². The first kappa shape index (κ1) is 19.4. The van der Waals surface area contributed by atoms with Crippen LogP contribution in [0.3, 0.4) is 0 Å². The summed E-state index contributed by atoms with van der Waals surface area (Å²) in [5.41, 5.74) is 2.15. The summed E-state index contributed by atoms with van der Waals surface area (Å²) in [5, 5.41) is 1.15. The third kappa shape index (κ3) is 4.21. The van der Waals surface area contributed by atoms with Crippen LogP contribution >= 0.6 is 11.3 Å². The molecule has 2 saturated heterocycles. The Morgan fingerprint density at radius 2 is 2.18 bits per heavy atom. The number of likely N-dealkylation sites (tertiary alicyclic amines) is 1. The fraction of sp³-hybridized carbons (Fsp3) is 0.524. The van der Waals surface area contributed by atoms with Crippen LogP contribution in [0.15, 0.2) is 30.6 Å². The highest BCUT2D eigenvalue weighted by molar-refractivity contribution is 7.18. The molecule has 0 aromatic carbocycles. The van der Waals surface area contributed by atoms with Crippen molar-refractivity contribution >= 4 is 22.2 Å². The van der Waals surface area contributed by atoms with Gasteiger partial charge in [0.05, 0.1) is 23.1 Å². The molecule has 1 amide bonds. The predicted octanol–water partition coefficient (Wildman–Crippen LogP) is 2.67. The van der Waals surface area contributed by atoms with Gasteiger partial charge in [0.15, 0.2) is 0 Å². The first-order valence-electron chi connectivity index (χ1n) is 9.93. The molecule has 150 valence electrons. The van der Waals surface area contributed by atoms with Gasteiger partial charge >= 0.3 is 0 Å². The summed E-state index contributed by atoms with van der Waals surface area (Å²) in [6.07, 6.45) is 4.82. The predicted molar refractivity (Wildman–Crippen MR) is 113 cm³/mol. The van der Waals surface area contributed by atoms with Crippen LogP contribution in [0.5, 0.6) is 0 Å². The van der Waals surface area contributed by atoms with Crippen LogP contribution in [-0.4, -0.2) is 80.7 Å². The molecule has 4 rings (SSSR count). The molecule has 2 aromatic heterocycles. The Morgan fingerprint density at radius 1 is 1.36 bits per heavy atom. The van der Waals surface area contributed by atoms with Gasteiger partial charge in [-0.15, -0.1) is 11.3 Å². The van der Waals surface area contributed by atoms with E-state index >= 15 is 0 Å². The van der Waals surface area contributed by atoms with Gasteiger partial charge in [0.25, 0.3) is 5.91 Å². The van der Waals surface area contributed by atoms with Crippen molar-refractivity contribution in [1.29, 1.82) is 0 Å². The van der Waals surface area contributed by atoms with E-state index in [9.17, 15) is 4.79 Å². The first-order chi connectivity index (χ1) is 13.6. The number of ether oxygens (including phenoxy) is 1. The SMILES string of the molecule is CN1CCC(CN(C)C(=O)c2cc(-c3cccnc3)c(N3CCOCC3)s2)C1. The summed E-state index contributed by atoms with van der Waals surface area (Å²) >= 11 is 1.60. The zero-order valence-electron chi connectivity index (χ0n) is 16.6. The van der Waals surface area contributed by atoms with E-state index in [1.54, 1.807) is 17.5 Å². The Morgan fingerprint density at radius 3 is 2.86 bits per heavy atom. The Labute approximate surface area is 170 Å². The molecular formula is C21H28N4O2S. The number of anilines is 1. The number of thiophene rings is 1. The highest BCUT2D eigenvalue weighted by Gasteiger charge is 2.26. The van der Waals surface area contributed by atoms with E-state index in [1.165, 1.54) is 6.42 Å². The summed E-state index contributed by atoms with van der Waals surface area (Å²) < 4.78 is 5.51. The normalized spacial score (nSPS) is 20.5. The summed E-state index contributed by atoms with van der Waals surface area (Å²) in [6.45, 7) is 6.17. The van der Waals surface area contributed by atoms with Crippen molar-refractivity contribution in [3.63, 3.8) is 0 Å². The quantitative estimate of drug-likeness (QED) is 0.772. The number of hydrogen-bond acceptors (Lipinski definition) is 6. The van der Waals surface area contributed by atoms with E-state index in [1.807, 2.05) is 30.3 Å². The maximum atomic E-state index is 13.2. The van der Waals surface area contributed by atoms with E-state index in [-0.39, 0.29) is 5.91 Å². The molecule has 0 aliphatic carbocycles. The minimum absolute atomic E-state index is 0.115. The average molecular weight is 401 g/mol. The van der Waals surface area contributed by atoms with Gasteiger partial charge in [0, 0.05) is 56.7 Å². The van der Waals surface area contributed by atoms with Crippen molar-refractivity contribution in [3.8, 4) is 11.1 Å². The number of rotatable bonds is 5. The van der Waals surface area contributed by atoms with Crippen molar-refractivity contribution in [2.45, 2.75) is 6.42 Å². The highest BCUT2D eigenvalue weighted by atomic mass is 32.1. The number of hydrogen-bond donors (Lipinski definition) is 0. The molecular weight excluding hydrogens is 372 g/mol. The molecule has 1 unspecified atom stereocenters. The van der Waals surface area contributed by atoms with Gasteiger partial charge in [-0.2, -0.15) is 0 Å². The molecule has 2 aromatic rings. The number of aromatic nitrogens is 1. The van der Waals surface area contributed by atoms with Gasteiger partial charge in [-0.3, -0.25) is 9.78 Å². The van der Waals surface area contributed by atoms with E-state index in [0.717, 1.165) is 66.9 Å². The number of nitrogens with zero attached hydrogens (tertiary/aromatic N) is 4. The van der Waals surface area contributed by atoms with Crippen molar-refractivity contribution in [3.05, 3.63) is 35.5 Å². The van der Waals surface area contributed by atoms with Crippen molar-refractivity contribution in [2.75, 3.05) is 64.9 Å².